The number of fused-ring (bicyclic) bond motifs is 2. The molecule has 7 heteroatoms. The van der Waals surface area contributed by atoms with Crippen LogP contribution >= 0.6 is 0 Å². The van der Waals surface area contributed by atoms with Crippen molar-refractivity contribution in [3.63, 3.8) is 0 Å². The Morgan fingerprint density at radius 3 is 2.87 bits per heavy atom. The molecule has 0 saturated carbocycles. The van der Waals surface area contributed by atoms with Gasteiger partial charge in [-0.1, -0.05) is 37.2 Å². The molecule has 2 aromatic rings. The number of anilines is 1. The van der Waals surface area contributed by atoms with Gasteiger partial charge in [-0.2, -0.15) is 9.61 Å². The Morgan fingerprint density at radius 1 is 1.32 bits per heavy atom. The Bertz CT molecular complexity index is 1040. The minimum absolute atomic E-state index is 0.174. The highest BCUT2D eigenvalue weighted by Gasteiger charge is 2.41. The van der Waals surface area contributed by atoms with Crippen LogP contribution in [0.5, 0.6) is 0 Å². The fourth-order valence-corrected chi connectivity index (χ4v) is 5.05. The zero-order valence-corrected chi connectivity index (χ0v) is 19.3. The molecule has 2 atom stereocenters. The highest BCUT2D eigenvalue weighted by molar-refractivity contribution is 5.69. The highest BCUT2D eigenvalue weighted by atomic mass is 16.6. The Hall–Kier alpha value is -2.67. The molecule has 0 aromatic carbocycles. The van der Waals surface area contributed by atoms with Gasteiger partial charge in [0.1, 0.15) is 18.5 Å². The molecule has 2 aliphatic carbocycles. The standard InChI is InChI=1S/C24H33N5O2/c1-6-15-28(16-14-25-31-5)23-19-11-9-12-20(19)26-22-21(18(3)27-29(22)23)24(30-4)13-8-7-10-17(24)2/h7-8,10,13-14,17H,6,9,11-12,15-16H2,1-5H3. The molecule has 0 fully saturated rings. The van der Waals surface area contributed by atoms with E-state index in [4.69, 9.17) is 19.7 Å². The van der Waals surface area contributed by atoms with Crippen LogP contribution in [0.25, 0.3) is 5.65 Å². The Balaban J connectivity index is 1.96. The number of aromatic nitrogens is 3. The average molecular weight is 424 g/mol. The minimum atomic E-state index is -0.579. The second-order valence-electron chi connectivity index (χ2n) is 8.36. The third-order valence-corrected chi connectivity index (χ3v) is 6.47. The van der Waals surface area contributed by atoms with Crippen LogP contribution in [0.15, 0.2) is 29.5 Å². The lowest BCUT2D eigenvalue weighted by atomic mass is 9.79. The second kappa shape index (κ2) is 8.83. The maximum Gasteiger partial charge on any atom is 0.164 e. The van der Waals surface area contributed by atoms with E-state index < -0.39 is 5.60 Å². The number of allylic oxidation sites excluding steroid dienone is 2. The molecule has 2 heterocycles. The van der Waals surface area contributed by atoms with Crippen molar-refractivity contribution >= 4 is 17.7 Å². The van der Waals surface area contributed by atoms with Crippen LogP contribution in [0.2, 0.25) is 0 Å². The molecule has 2 aliphatic rings. The molecular formula is C24H33N5O2. The van der Waals surface area contributed by atoms with Crippen molar-refractivity contribution in [2.45, 2.75) is 52.1 Å². The number of aryl methyl sites for hydroxylation is 2. The van der Waals surface area contributed by atoms with E-state index in [2.05, 4.69) is 55.1 Å². The van der Waals surface area contributed by atoms with E-state index in [9.17, 15) is 0 Å². The Labute approximate surface area is 184 Å². The van der Waals surface area contributed by atoms with E-state index in [1.165, 1.54) is 11.3 Å². The van der Waals surface area contributed by atoms with Crippen molar-refractivity contribution < 1.29 is 9.57 Å². The first kappa shape index (κ1) is 21.6. The fourth-order valence-electron chi connectivity index (χ4n) is 5.05. The number of oxime groups is 1. The zero-order valence-electron chi connectivity index (χ0n) is 19.3. The third-order valence-electron chi connectivity index (χ3n) is 6.47. The number of nitrogens with zero attached hydrogens (tertiary/aromatic N) is 5. The first-order valence-electron chi connectivity index (χ1n) is 11.2. The first-order chi connectivity index (χ1) is 15.1. The number of rotatable bonds is 8. The van der Waals surface area contributed by atoms with Crippen molar-refractivity contribution in [2.75, 3.05) is 32.2 Å². The summed E-state index contributed by atoms with van der Waals surface area (Å²) in [5.41, 5.74) is 4.81. The number of hydrogen-bond donors (Lipinski definition) is 0. The van der Waals surface area contributed by atoms with Crippen LogP contribution < -0.4 is 4.90 Å². The lowest BCUT2D eigenvalue weighted by molar-refractivity contribution is -0.00178. The smallest absolute Gasteiger partial charge is 0.164 e. The predicted molar refractivity (Wildman–Crippen MR) is 124 cm³/mol. The molecule has 4 rings (SSSR count). The minimum Gasteiger partial charge on any atom is -0.399 e. The van der Waals surface area contributed by atoms with Gasteiger partial charge in [0.05, 0.1) is 24.0 Å². The largest absolute Gasteiger partial charge is 0.399 e. The summed E-state index contributed by atoms with van der Waals surface area (Å²) in [6, 6.07) is 0. The van der Waals surface area contributed by atoms with Gasteiger partial charge in [-0.3, -0.25) is 0 Å². The molecule has 0 saturated heterocycles. The lowest BCUT2D eigenvalue weighted by Gasteiger charge is -2.35. The molecule has 0 aliphatic heterocycles. The van der Waals surface area contributed by atoms with Gasteiger partial charge in [0, 0.05) is 30.8 Å². The third kappa shape index (κ3) is 3.55. The van der Waals surface area contributed by atoms with E-state index in [0.29, 0.717) is 6.54 Å². The predicted octanol–water partition coefficient (Wildman–Crippen LogP) is 3.98. The normalized spacial score (nSPS) is 22.5. The van der Waals surface area contributed by atoms with Gasteiger partial charge >= 0.3 is 0 Å². The van der Waals surface area contributed by atoms with Crippen LogP contribution in [0, 0.1) is 12.8 Å². The summed E-state index contributed by atoms with van der Waals surface area (Å²) in [4.78, 5) is 12.4. The summed E-state index contributed by atoms with van der Waals surface area (Å²) in [5.74, 6) is 1.30. The highest BCUT2D eigenvalue weighted by Crippen LogP contribution is 2.43. The van der Waals surface area contributed by atoms with E-state index in [1.807, 2.05) is 10.7 Å². The molecule has 166 valence electrons. The van der Waals surface area contributed by atoms with Gasteiger partial charge in [0.25, 0.3) is 0 Å². The summed E-state index contributed by atoms with van der Waals surface area (Å²) < 4.78 is 8.23. The van der Waals surface area contributed by atoms with Gasteiger partial charge in [-0.15, -0.1) is 0 Å². The molecule has 7 nitrogen and oxygen atoms in total. The Kier molecular flexibility index (Phi) is 6.14. The molecular weight excluding hydrogens is 390 g/mol. The van der Waals surface area contributed by atoms with E-state index in [0.717, 1.165) is 55.0 Å². The van der Waals surface area contributed by atoms with E-state index >= 15 is 0 Å². The van der Waals surface area contributed by atoms with Gasteiger partial charge in [-0.25, -0.2) is 4.98 Å². The monoisotopic (exact) mass is 423 g/mol. The van der Waals surface area contributed by atoms with Gasteiger partial charge in [-0.05, 0) is 38.7 Å². The lowest BCUT2D eigenvalue weighted by Crippen LogP contribution is -2.35. The molecule has 0 bridgehead atoms. The van der Waals surface area contributed by atoms with Crippen LogP contribution in [-0.2, 0) is 28.0 Å². The van der Waals surface area contributed by atoms with Crippen molar-refractivity contribution in [2.24, 2.45) is 11.1 Å². The van der Waals surface area contributed by atoms with Crippen molar-refractivity contribution in [1.82, 2.24) is 14.6 Å². The van der Waals surface area contributed by atoms with Gasteiger partial charge in [0.2, 0.25) is 0 Å². The van der Waals surface area contributed by atoms with Crippen molar-refractivity contribution in [1.29, 1.82) is 0 Å². The molecule has 0 spiro atoms. The summed E-state index contributed by atoms with van der Waals surface area (Å²) in [7, 11) is 3.35. The number of ether oxygens (including phenoxy) is 1. The molecule has 2 aromatic heterocycles. The van der Waals surface area contributed by atoms with Crippen LogP contribution in [0.4, 0.5) is 5.82 Å². The SMILES string of the molecule is CCCN(CC=NOC)c1c2c(nc3c(C4(OC)C=CC=CC4C)c(C)nn13)CCC2. The summed E-state index contributed by atoms with van der Waals surface area (Å²) in [6.45, 7) is 8.01. The van der Waals surface area contributed by atoms with Gasteiger partial charge in [0.15, 0.2) is 5.65 Å². The summed E-state index contributed by atoms with van der Waals surface area (Å²) in [6.07, 6.45) is 14.5. The summed E-state index contributed by atoms with van der Waals surface area (Å²) >= 11 is 0. The zero-order chi connectivity index (χ0) is 22.0. The average Bonchev–Trinajstić information content (AvgIpc) is 3.36. The van der Waals surface area contributed by atoms with E-state index in [1.54, 1.807) is 14.2 Å². The van der Waals surface area contributed by atoms with Crippen LogP contribution in [0.3, 0.4) is 0 Å². The van der Waals surface area contributed by atoms with Crippen molar-refractivity contribution in [3.8, 4) is 0 Å². The van der Waals surface area contributed by atoms with Crippen LogP contribution in [-0.4, -0.2) is 48.1 Å². The number of methoxy groups -OCH3 is 1. The van der Waals surface area contributed by atoms with Crippen LogP contribution in [0.1, 0.15) is 49.2 Å². The molecule has 0 radical (unpaired) electrons. The molecule has 31 heavy (non-hydrogen) atoms. The molecule has 0 amide bonds. The maximum atomic E-state index is 6.19. The molecule has 2 unspecified atom stereocenters. The van der Waals surface area contributed by atoms with E-state index in [-0.39, 0.29) is 5.92 Å². The number of hydrogen-bond acceptors (Lipinski definition) is 6. The Morgan fingerprint density at radius 2 is 2.16 bits per heavy atom. The maximum absolute atomic E-state index is 6.19. The summed E-state index contributed by atoms with van der Waals surface area (Å²) in [5, 5.41) is 9.00. The van der Waals surface area contributed by atoms with Gasteiger partial charge < -0.3 is 14.5 Å². The second-order valence-corrected chi connectivity index (χ2v) is 8.36. The molecule has 0 N–H and O–H groups in total. The first-order valence-corrected chi connectivity index (χ1v) is 11.2. The fraction of sp³-hybridized carbons (Fsp3) is 0.542. The quantitative estimate of drug-likeness (QED) is 0.475. The topological polar surface area (TPSA) is 64.2 Å². The van der Waals surface area contributed by atoms with Crippen molar-refractivity contribution in [3.05, 3.63) is 46.8 Å².